The van der Waals surface area contributed by atoms with Crippen molar-refractivity contribution in [3.63, 3.8) is 0 Å². The summed E-state index contributed by atoms with van der Waals surface area (Å²) in [4.78, 5) is 43.4. The summed E-state index contributed by atoms with van der Waals surface area (Å²) in [6.45, 7) is 4.81. The molecule has 2 heterocycles. The number of benzene rings is 2. The van der Waals surface area contributed by atoms with Crippen molar-refractivity contribution < 1.29 is 37.4 Å². The van der Waals surface area contributed by atoms with Gasteiger partial charge >= 0.3 is 12.1 Å². The van der Waals surface area contributed by atoms with Gasteiger partial charge < -0.3 is 30.1 Å². The van der Waals surface area contributed by atoms with Crippen LogP contribution in [0.25, 0.3) is 0 Å². The van der Waals surface area contributed by atoms with Crippen molar-refractivity contribution >= 4 is 60.8 Å². The van der Waals surface area contributed by atoms with E-state index < -0.39 is 53.3 Å². The van der Waals surface area contributed by atoms with E-state index in [1.165, 1.54) is 0 Å². The van der Waals surface area contributed by atoms with Crippen molar-refractivity contribution in [2.75, 3.05) is 31.6 Å². The van der Waals surface area contributed by atoms with Gasteiger partial charge in [0.2, 0.25) is 15.9 Å². The van der Waals surface area contributed by atoms with Crippen molar-refractivity contribution in [2.45, 2.75) is 56.9 Å². The predicted molar refractivity (Wildman–Crippen MR) is 190 cm³/mol. The summed E-state index contributed by atoms with van der Waals surface area (Å²) in [7, 11) is -4.20. The molecular weight excluding hydrogens is 679 g/mol. The number of aliphatic carboxylic acids is 1. The van der Waals surface area contributed by atoms with Gasteiger partial charge in [-0.25, -0.2) is 18.2 Å². The highest BCUT2D eigenvalue weighted by atomic mass is 32.2. The second-order valence-electron chi connectivity index (χ2n) is 11.2. The third-order valence-corrected chi connectivity index (χ3v) is 9.20. The molecule has 0 saturated carbocycles. The minimum Gasteiger partial charge on any atom is -0.480 e. The molecule has 0 spiro atoms. The molecule has 48 heavy (non-hydrogen) atoms. The monoisotopic (exact) mass is 721 g/mol. The number of carbonyl (C=O) groups excluding carboxylic acids is 2. The van der Waals surface area contributed by atoms with Gasteiger partial charge in [0.1, 0.15) is 25.1 Å². The van der Waals surface area contributed by atoms with Crippen LogP contribution in [0.1, 0.15) is 28.7 Å². The molecule has 1 aromatic heterocycles. The fourth-order valence-corrected chi connectivity index (χ4v) is 7.02. The minimum absolute atomic E-state index is 0. The predicted octanol–water partition coefficient (Wildman–Crippen LogP) is 2.99. The molecule has 3 atom stereocenters. The van der Waals surface area contributed by atoms with E-state index in [9.17, 15) is 27.9 Å². The fourth-order valence-electron chi connectivity index (χ4n) is 5.38. The number of pyridine rings is 1. The average Bonchev–Trinajstić information content (AvgIpc) is 3.43. The molecule has 13 nitrogen and oxygen atoms in total. The number of aromatic nitrogens is 1. The summed E-state index contributed by atoms with van der Waals surface area (Å²) in [5.41, 5.74) is 2.68. The number of carboxylic acids is 1. The van der Waals surface area contributed by atoms with Crippen LogP contribution in [0, 0.1) is 20.8 Å². The summed E-state index contributed by atoms with van der Waals surface area (Å²) >= 11 is 0. The van der Waals surface area contributed by atoms with E-state index in [0.717, 1.165) is 11.1 Å². The van der Waals surface area contributed by atoms with Crippen molar-refractivity contribution in [1.29, 1.82) is 0 Å². The van der Waals surface area contributed by atoms with E-state index in [1.54, 1.807) is 49.2 Å². The standard InChI is InChI=1S/C32H39N5O8S.2H2S/c1-21-13-22(2)30(23(3)14-21)46(42,43)36-27(31(39)40)17-35-29(38)20-44-26-15-25(16-34-28-11-7-8-12-33-28)37(18-26)32(41)45-19-24-9-5-4-6-10-24;;/h4-14,25-27,36H,15-20H2,1-3H3,(H,33,34)(H,35,38)(H,39,40);2*1H2/t25-,26+,27-;;/m0../s1. The zero-order valence-corrected chi connectivity index (χ0v) is 29.7. The Hall–Kier alpha value is -3.83. The maximum atomic E-state index is 13.1. The first kappa shape index (κ1) is 40.3. The lowest BCUT2D eigenvalue weighted by atomic mass is 10.1. The molecule has 1 aliphatic heterocycles. The van der Waals surface area contributed by atoms with Gasteiger partial charge in [-0.1, -0.05) is 54.1 Å². The van der Waals surface area contributed by atoms with Crippen LogP contribution < -0.4 is 15.4 Å². The Morgan fingerprint density at radius 2 is 1.69 bits per heavy atom. The number of nitrogens with zero attached hydrogens (tertiary/aromatic N) is 2. The molecule has 0 bridgehead atoms. The van der Waals surface area contributed by atoms with E-state index in [-0.39, 0.29) is 51.1 Å². The second-order valence-corrected chi connectivity index (χ2v) is 12.8. The lowest BCUT2D eigenvalue weighted by Crippen LogP contribution is -2.49. The first-order chi connectivity index (χ1) is 21.9. The smallest absolute Gasteiger partial charge is 0.410 e. The fraction of sp³-hybridized carbons (Fsp3) is 0.375. The maximum Gasteiger partial charge on any atom is 0.410 e. The topological polar surface area (TPSA) is 176 Å². The highest BCUT2D eigenvalue weighted by Gasteiger charge is 2.37. The molecule has 262 valence electrons. The minimum atomic E-state index is -4.20. The zero-order chi connectivity index (χ0) is 33.3. The highest BCUT2D eigenvalue weighted by molar-refractivity contribution is 7.89. The lowest BCUT2D eigenvalue weighted by Gasteiger charge is -2.24. The van der Waals surface area contributed by atoms with E-state index in [0.29, 0.717) is 29.9 Å². The second kappa shape index (κ2) is 18.6. The molecule has 2 amide bonds. The number of amides is 2. The largest absolute Gasteiger partial charge is 0.480 e. The molecule has 2 aromatic carbocycles. The molecule has 1 aliphatic rings. The van der Waals surface area contributed by atoms with Crippen LogP contribution in [-0.4, -0.2) is 85.8 Å². The zero-order valence-electron chi connectivity index (χ0n) is 26.9. The van der Waals surface area contributed by atoms with E-state index in [1.807, 2.05) is 43.3 Å². The Labute approximate surface area is 294 Å². The molecule has 1 fully saturated rings. The number of ether oxygens (including phenoxy) is 2. The van der Waals surface area contributed by atoms with Crippen LogP contribution >= 0.6 is 27.0 Å². The number of rotatable bonds is 14. The average molecular weight is 722 g/mol. The normalized spacial score (nSPS) is 16.2. The van der Waals surface area contributed by atoms with Crippen LogP contribution in [0.2, 0.25) is 0 Å². The van der Waals surface area contributed by atoms with E-state index in [2.05, 4.69) is 20.3 Å². The van der Waals surface area contributed by atoms with Gasteiger partial charge in [-0.3, -0.25) is 9.59 Å². The number of sulfonamides is 1. The molecule has 1 saturated heterocycles. The van der Waals surface area contributed by atoms with Gasteiger partial charge in [0, 0.05) is 19.3 Å². The summed E-state index contributed by atoms with van der Waals surface area (Å²) in [6, 6.07) is 16.2. The molecule has 4 N–H and O–H groups in total. The molecule has 16 heteroatoms. The number of aryl methyl sites for hydroxylation is 3. The third-order valence-electron chi connectivity index (χ3n) is 7.42. The van der Waals surface area contributed by atoms with Crippen molar-refractivity contribution in [2.24, 2.45) is 0 Å². The molecular formula is C32H43N5O8S3. The van der Waals surface area contributed by atoms with Gasteiger partial charge in [0.15, 0.2) is 0 Å². The van der Waals surface area contributed by atoms with Gasteiger partial charge in [0.25, 0.3) is 0 Å². The van der Waals surface area contributed by atoms with Gasteiger partial charge in [-0.05, 0) is 56.0 Å². The van der Waals surface area contributed by atoms with Crippen molar-refractivity contribution in [3.8, 4) is 0 Å². The summed E-state index contributed by atoms with van der Waals surface area (Å²) in [5.74, 6) is -1.45. The number of hydrogen-bond donors (Lipinski definition) is 4. The number of hydrogen-bond acceptors (Lipinski definition) is 9. The Morgan fingerprint density at radius 3 is 2.31 bits per heavy atom. The summed E-state index contributed by atoms with van der Waals surface area (Å²) < 4.78 is 39.7. The Bertz CT molecular complexity index is 1610. The van der Waals surface area contributed by atoms with Crippen LogP contribution in [0.3, 0.4) is 0 Å². The van der Waals surface area contributed by atoms with Gasteiger partial charge in [-0.15, -0.1) is 0 Å². The first-order valence-electron chi connectivity index (χ1n) is 14.8. The Morgan fingerprint density at radius 1 is 1.02 bits per heavy atom. The quantitative estimate of drug-likeness (QED) is 0.194. The van der Waals surface area contributed by atoms with Crippen LogP contribution in [0.4, 0.5) is 10.6 Å². The number of carbonyl (C=O) groups is 3. The number of likely N-dealkylation sites (tertiary alicyclic amines) is 1. The Kier molecular flexibility index (Phi) is 15.7. The van der Waals surface area contributed by atoms with Crippen LogP contribution in [-0.2, 0) is 35.7 Å². The Balaban J connectivity index is 0.00000400. The van der Waals surface area contributed by atoms with Crippen LogP contribution in [0.5, 0.6) is 0 Å². The first-order valence-corrected chi connectivity index (χ1v) is 16.2. The summed E-state index contributed by atoms with van der Waals surface area (Å²) in [6.07, 6.45) is 1.02. The van der Waals surface area contributed by atoms with Crippen molar-refractivity contribution in [3.05, 3.63) is 89.1 Å². The van der Waals surface area contributed by atoms with E-state index in [4.69, 9.17) is 9.47 Å². The third kappa shape index (κ3) is 11.4. The van der Waals surface area contributed by atoms with Crippen molar-refractivity contribution in [1.82, 2.24) is 19.9 Å². The molecule has 3 aromatic rings. The maximum absolute atomic E-state index is 13.1. The van der Waals surface area contributed by atoms with E-state index >= 15 is 0 Å². The lowest BCUT2D eigenvalue weighted by molar-refractivity contribution is -0.139. The number of anilines is 1. The number of nitrogens with one attached hydrogen (secondary N) is 3. The summed E-state index contributed by atoms with van der Waals surface area (Å²) in [5, 5.41) is 15.3. The SMILES string of the molecule is Cc1cc(C)c(S(=O)(=O)N[C@@H](CNC(=O)CO[C@@H]2C[C@@H](CNc3ccccn3)N(C(=O)OCc3ccccc3)C2)C(=O)O)c(C)c1.S.S. The molecule has 0 unspecified atom stereocenters. The van der Waals surface area contributed by atoms with Crippen LogP contribution in [0.15, 0.2) is 71.8 Å². The molecule has 0 radical (unpaired) electrons. The number of carboxylic acid groups (broad SMARTS) is 1. The molecule has 0 aliphatic carbocycles. The van der Waals surface area contributed by atoms with Gasteiger partial charge in [0.05, 0.1) is 23.6 Å². The van der Waals surface area contributed by atoms with Gasteiger partial charge in [-0.2, -0.15) is 31.7 Å². The highest BCUT2D eigenvalue weighted by Crippen LogP contribution is 2.23. The molecule has 4 rings (SSSR count).